The zero-order valence-corrected chi connectivity index (χ0v) is 14.6. The van der Waals surface area contributed by atoms with Gasteiger partial charge in [-0.1, -0.05) is 48.5 Å². The Labute approximate surface area is 152 Å². The molecule has 0 fully saturated rings. The molecule has 0 saturated heterocycles. The molecule has 1 aliphatic heterocycles. The van der Waals surface area contributed by atoms with E-state index in [-0.39, 0.29) is 18.2 Å². The molecular weight excluding hydrogens is 333 g/mol. The van der Waals surface area contributed by atoms with Crippen molar-refractivity contribution in [3.05, 3.63) is 65.2 Å². The van der Waals surface area contributed by atoms with E-state index in [2.05, 4.69) is 5.32 Å². The molecule has 2 aromatic rings. The number of aryl methyl sites for hydroxylation is 1. The number of carbonyl (C=O) groups excluding carboxylic acids is 1. The topological polar surface area (TPSA) is 88.0 Å². The Hall–Kier alpha value is -2.35. The fraction of sp³-hybridized carbons (Fsp3) is 0.316. The van der Waals surface area contributed by atoms with E-state index in [1.54, 1.807) is 0 Å². The molecule has 0 aromatic heterocycles. The van der Waals surface area contributed by atoms with Gasteiger partial charge >= 0.3 is 7.32 Å². The lowest BCUT2D eigenvalue weighted by Crippen LogP contribution is -2.42. The van der Waals surface area contributed by atoms with Gasteiger partial charge < -0.3 is 24.8 Å². The van der Waals surface area contributed by atoms with E-state index < -0.39 is 13.5 Å². The van der Waals surface area contributed by atoms with E-state index in [1.165, 1.54) is 0 Å². The van der Waals surface area contributed by atoms with E-state index in [4.69, 9.17) is 9.39 Å². The summed E-state index contributed by atoms with van der Waals surface area (Å²) in [5.41, 5.74) is 2.97. The highest BCUT2D eigenvalue weighted by Gasteiger charge is 2.30. The van der Waals surface area contributed by atoms with Crippen LogP contribution in [0.3, 0.4) is 0 Å². The third kappa shape index (κ3) is 4.63. The average molecular weight is 355 g/mol. The van der Waals surface area contributed by atoms with Crippen molar-refractivity contribution in [2.75, 3.05) is 6.61 Å². The maximum atomic E-state index is 12.3. The second-order valence-corrected chi connectivity index (χ2v) is 6.42. The summed E-state index contributed by atoms with van der Waals surface area (Å²) in [6.07, 6.45) is -0.250. The van der Waals surface area contributed by atoms with E-state index in [1.807, 2.05) is 55.5 Å². The summed E-state index contributed by atoms with van der Waals surface area (Å²) in [7, 11) is -1.96. The minimum Gasteiger partial charge on any atom is -0.492 e. The van der Waals surface area contributed by atoms with Gasteiger partial charge in [0.15, 0.2) is 0 Å². The Morgan fingerprint density at radius 3 is 2.77 bits per heavy atom. The molecule has 1 heterocycles. The zero-order valence-electron chi connectivity index (χ0n) is 14.6. The van der Waals surface area contributed by atoms with E-state index >= 15 is 0 Å². The molecule has 0 saturated carbocycles. The fourth-order valence-corrected chi connectivity index (χ4v) is 3.23. The summed E-state index contributed by atoms with van der Waals surface area (Å²) in [6.45, 7) is 2.45. The molecule has 26 heavy (non-hydrogen) atoms. The largest absolute Gasteiger partial charge is 0.635 e. The van der Waals surface area contributed by atoms with Gasteiger partial charge in [-0.05, 0) is 18.1 Å². The van der Waals surface area contributed by atoms with Crippen LogP contribution in [-0.4, -0.2) is 36.1 Å². The molecule has 0 radical (unpaired) electrons. The van der Waals surface area contributed by atoms with Gasteiger partial charge in [-0.2, -0.15) is 0 Å². The van der Waals surface area contributed by atoms with Crippen molar-refractivity contribution in [2.45, 2.75) is 31.9 Å². The van der Waals surface area contributed by atoms with Gasteiger partial charge in [0.25, 0.3) is 0 Å². The smallest absolute Gasteiger partial charge is 0.492 e. The molecule has 0 spiro atoms. The third-order valence-corrected chi connectivity index (χ3v) is 4.43. The Bertz CT molecular complexity index is 753. The number of hydrogen-bond donors (Lipinski definition) is 3. The first-order chi connectivity index (χ1) is 12.5. The van der Waals surface area contributed by atoms with Crippen molar-refractivity contribution in [3.63, 3.8) is 0 Å². The van der Waals surface area contributed by atoms with Gasteiger partial charge in [-0.25, -0.2) is 0 Å². The second kappa shape index (κ2) is 8.36. The van der Waals surface area contributed by atoms with Crippen LogP contribution in [0.25, 0.3) is 0 Å². The predicted molar refractivity (Wildman–Crippen MR) is 97.4 cm³/mol. The SMILES string of the molecule is Cc1cccc2c1OC[C@H]2C[C@H](NC(=O)Cc1ccccc1)OB(O)O. The van der Waals surface area contributed by atoms with Crippen molar-refractivity contribution >= 4 is 13.2 Å². The lowest BCUT2D eigenvalue weighted by atomic mass is 9.95. The van der Waals surface area contributed by atoms with Crippen molar-refractivity contribution in [2.24, 2.45) is 0 Å². The van der Waals surface area contributed by atoms with Crippen LogP contribution in [0.2, 0.25) is 0 Å². The minimum atomic E-state index is -1.96. The molecule has 6 nitrogen and oxygen atoms in total. The van der Waals surface area contributed by atoms with Gasteiger partial charge in [-0.15, -0.1) is 0 Å². The van der Waals surface area contributed by atoms with Crippen molar-refractivity contribution in [1.82, 2.24) is 5.32 Å². The van der Waals surface area contributed by atoms with Crippen LogP contribution in [0.4, 0.5) is 0 Å². The molecule has 0 bridgehead atoms. The molecule has 0 unspecified atom stereocenters. The number of nitrogens with one attached hydrogen (secondary N) is 1. The van der Waals surface area contributed by atoms with Crippen molar-refractivity contribution in [1.29, 1.82) is 0 Å². The molecule has 1 amide bonds. The predicted octanol–water partition coefficient (Wildman–Crippen LogP) is 1.53. The number of amides is 1. The Morgan fingerprint density at radius 1 is 1.27 bits per heavy atom. The highest BCUT2D eigenvalue weighted by atomic mass is 16.6. The van der Waals surface area contributed by atoms with Crippen LogP contribution in [0, 0.1) is 6.92 Å². The first kappa shape index (κ1) is 18.4. The van der Waals surface area contributed by atoms with E-state index in [0.717, 1.165) is 22.4 Å². The van der Waals surface area contributed by atoms with Gasteiger partial charge in [-0.3, -0.25) is 4.79 Å². The van der Waals surface area contributed by atoms with Gasteiger partial charge in [0.2, 0.25) is 5.91 Å². The van der Waals surface area contributed by atoms with E-state index in [0.29, 0.717) is 13.0 Å². The monoisotopic (exact) mass is 355 g/mol. The Balaban J connectivity index is 1.66. The highest BCUT2D eigenvalue weighted by Crippen LogP contribution is 2.38. The number of rotatable bonds is 7. The maximum Gasteiger partial charge on any atom is 0.635 e. The van der Waals surface area contributed by atoms with Crippen molar-refractivity contribution < 1.29 is 24.2 Å². The summed E-state index contributed by atoms with van der Waals surface area (Å²) >= 11 is 0. The standard InChI is InChI=1S/C19H22BNO5/c1-13-6-5-9-16-15(12-25-19(13)16)11-18(26-20(23)24)21-17(22)10-14-7-3-2-4-8-14/h2-9,15,18,23-24H,10-12H2,1H3,(H,21,22)/t15-,18-/m1/s1. The van der Waals surface area contributed by atoms with Crippen LogP contribution in [0.5, 0.6) is 5.75 Å². The number of carbonyl (C=O) groups is 1. The minimum absolute atomic E-state index is 0.00525. The van der Waals surface area contributed by atoms with Crippen LogP contribution >= 0.6 is 0 Å². The summed E-state index contributed by atoms with van der Waals surface area (Å²) < 4.78 is 10.8. The van der Waals surface area contributed by atoms with Crippen LogP contribution in [-0.2, 0) is 15.9 Å². The summed E-state index contributed by atoms with van der Waals surface area (Å²) in [4.78, 5) is 12.3. The molecule has 136 valence electrons. The molecule has 7 heteroatoms. The quantitative estimate of drug-likeness (QED) is 0.518. The Morgan fingerprint density at radius 2 is 2.04 bits per heavy atom. The Kier molecular flexibility index (Phi) is 5.93. The molecule has 1 aliphatic rings. The summed E-state index contributed by atoms with van der Waals surface area (Å²) in [6, 6.07) is 15.3. The number of hydrogen-bond acceptors (Lipinski definition) is 5. The second-order valence-electron chi connectivity index (χ2n) is 6.42. The molecule has 3 rings (SSSR count). The molecule has 0 aliphatic carbocycles. The zero-order chi connectivity index (χ0) is 18.5. The molecule has 3 N–H and O–H groups in total. The van der Waals surface area contributed by atoms with Crippen molar-refractivity contribution in [3.8, 4) is 5.75 Å². The number of ether oxygens (including phenoxy) is 1. The number of para-hydroxylation sites is 1. The summed E-state index contributed by atoms with van der Waals surface area (Å²) in [5, 5.41) is 21.1. The van der Waals surface area contributed by atoms with Crippen LogP contribution in [0.15, 0.2) is 48.5 Å². The van der Waals surface area contributed by atoms with Gasteiger partial charge in [0.05, 0.1) is 13.0 Å². The normalized spacial score (nSPS) is 16.5. The maximum absolute atomic E-state index is 12.3. The molecular formula is C19H22BNO5. The fourth-order valence-electron chi connectivity index (χ4n) is 3.23. The first-order valence-electron chi connectivity index (χ1n) is 8.60. The number of benzene rings is 2. The van der Waals surface area contributed by atoms with Gasteiger partial charge in [0, 0.05) is 17.9 Å². The van der Waals surface area contributed by atoms with Crippen LogP contribution in [0.1, 0.15) is 29.0 Å². The third-order valence-electron chi connectivity index (χ3n) is 4.43. The molecule has 2 aromatic carbocycles. The van der Waals surface area contributed by atoms with Gasteiger partial charge in [0.1, 0.15) is 12.0 Å². The first-order valence-corrected chi connectivity index (χ1v) is 8.60. The average Bonchev–Trinajstić information content (AvgIpc) is 2.99. The molecule has 2 atom stereocenters. The van der Waals surface area contributed by atoms with Crippen LogP contribution < -0.4 is 10.1 Å². The lowest BCUT2D eigenvalue weighted by Gasteiger charge is -2.22. The summed E-state index contributed by atoms with van der Waals surface area (Å²) in [5.74, 6) is 0.618. The lowest BCUT2D eigenvalue weighted by molar-refractivity contribution is -0.123. The number of fused-ring (bicyclic) bond motifs is 1. The van der Waals surface area contributed by atoms with E-state index in [9.17, 15) is 14.8 Å². The highest BCUT2D eigenvalue weighted by molar-refractivity contribution is 6.32.